The molecule has 0 aliphatic carbocycles. The van der Waals surface area contributed by atoms with Crippen molar-refractivity contribution in [1.29, 1.82) is 0 Å². The molecule has 0 aliphatic heterocycles. The first-order valence-electron chi connectivity index (χ1n) is 5.96. The quantitative estimate of drug-likeness (QED) is 0.304. The van der Waals surface area contributed by atoms with Crippen molar-refractivity contribution in [3.05, 3.63) is 41.7 Å². The van der Waals surface area contributed by atoms with Crippen LogP contribution in [0.15, 0.2) is 41.7 Å². The van der Waals surface area contributed by atoms with Crippen molar-refractivity contribution in [1.82, 2.24) is 0 Å². The van der Waals surface area contributed by atoms with E-state index in [9.17, 15) is 0 Å². The second kappa shape index (κ2) is 11.1. The summed E-state index contributed by atoms with van der Waals surface area (Å²) in [6, 6.07) is 0. The van der Waals surface area contributed by atoms with E-state index < -0.39 is 0 Å². The summed E-state index contributed by atoms with van der Waals surface area (Å²) in [5.41, 5.74) is 4.45. The molecule has 84 valence electrons. The van der Waals surface area contributed by atoms with Crippen molar-refractivity contribution in [3.63, 3.8) is 0 Å². The largest absolute Gasteiger partial charge is 0.130 e. The Morgan fingerprint density at radius 2 is 1.80 bits per heavy atom. The zero-order valence-corrected chi connectivity index (χ0v) is 10.4. The molecule has 0 fully saturated rings. The second-order valence-corrected chi connectivity index (χ2v) is 3.73. The van der Waals surface area contributed by atoms with E-state index in [0.29, 0.717) is 0 Å². The van der Waals surface area contributed by atoms with Crippen molar-refractivity contribution in [2.24, 2.45) is 0 Å². The van der Waals surface area contributed by atoms with Gasteiger partial charge in [0, 0.05) is 0 Å². The normalized spacial score (nSPS) is 11.5. The minimum absolute atomic E-state index is 1.17. The van der Waals surface area contributed by atoms with E-state index >= 15 is 0 Å². The molecule has 0 rings (SSSR count). The fraction of sp³-hybridized carbons (Fsp3) is 0.533. The van der Waals surface area contributed by atoms with Gasteiger partial charge in [-0.3, -0.25) is 0 Å². The summed E-state index contributed by atoms with van der Waals surface area (Å²) < 4.78 is 0. The van der Waals surface area contributed by atoms with Crippen molar-refractivity contribution in [3.8, 4) is 0 Å². The predicted molar refractivity (Wildman–Crippen MR) is 70.0 cm³/mol. The van der Waals surface area contributed by atoms with Crippen LogP contribution in [-0.2, 0) is 0 Å². The lowest BCUT2D eigenvalue weighted by Gasteiger charge is -1.94. The van der Waals surface area contributed by atoms with Gasteiger partial charge in [-0.1, -0.05) is 30.2 Å². The van der Waals surface area contributed by atoms with Crippen LogP contribution in [0.5, 0.6) is 0 Å². The molecule has 15 heavy (non-hydrogen) atoms. The van der Waals surface area contributed by atoms with Crippen molar-refractivity contribution < 1.29 is 0 Å². The van der Waals surface area contributed by atoms with Crippen LogP contribution in [-0.4, -0.2) is 0 Å². The Morgan fingerprint density at radius 1 is 1.07 bits per heavy atom. The summed E-state index contributed by atoms with van der Waals surface area (Å²) in [5.74, 6) is 0. The van der Waals surface area contributed by atoms with E-state index in [-0.39, 0.29) is 0 Å². The number of hydrogen-bond acceptors (Lipinski definition) is 0. The van der Waals surface area contributed by atoms with Gasteiger partial charge in [-0.2, -0.15) is 0 Å². The van der Waals surface area contributed by atoms with Crippen LogP contribution in [0.4, 0.5) is 0 Å². The summed E-state index contributed by atoms with van der Waals surface area (Å²) in [5, 5.41) is 0. The van der Waals surface area contributed by atoms with E-state index in [1.807, 2.05) is 13.0 Å². The van der Waals surface area contributed by atoms with Crippen LogP contribution in [0.25, 0.3) is 0 Å². The van der Waals surface area contributed by atoms with E-state index in [4.69, 9.17) is 0 Å². The second-order valence-electron chi connectivity index (χ2n) is 3.73. The summed E-state index contributed by atoms with van der Waals surface area (Å²) in [6.45, 7) is 6.22. The third kappa shape index (κ3) is 10.9. The first kappa shape index (κ1) is 14.0. The van der Waals surface area contributed by atoms with E-state index in [0.717, 1.165) is 0 Å². The fourth-order valence-corrected chi connectivity index (χ4v) is 1.25. The molecular formula is C15H24. The smallest absolute Gasteiger partial charge is 0.0274 e. The Morgan fingerprint density at radius 3 is 2.47 bits per heavy atom. The maximum absolute atomic E-state index is 3.10. The third-order valence-corrected chi connectivity index (χ3v) is 2.34. The highest BCUT2D eigenvalue weighted by Crippen LogP contribution is 2.05. The van der Waals surface area contributed by atoms with Crippen LogP contribution >= 0.6 is 0 Å². The Hall–Kier alpha value is -1.00. The molecule has 0 nitrogen and oxygen atoms in total. The average molecular weight is 204 g/mol. The Balaban J connectivity index is 3.32. The van der Waals surface area contributed by atoms with Crippen molar-refractivity contribution >= 4 is 0 Å². The van der Waals surface area contributed by atoms with E-state index in [1.54, 1.807) is 0 Å². The fourth-order valence-electron chi connectivity index (χ4n) is 1.25. The zero-order valence-electron chi connectivity index (χ0n) is 10.4. The van der Waals surface area contributed by atoms with E-state index in [2.05, 4.69) is 43.9 Å². The molecule has 0 aromatic heterocycles. The molecule has 0 aliphatic rings. The van der Waals surface area contributed by atoms with Gasteiger partial charge in [-0.25, -0.2) is 0 Å². The lowest BCUT2D eigenvalue weighted by molar-refractivity contribution is 0.696. The van der Waals surface area contributed by atoms with Crippen LogP contribution in [0.3, 0.4) is 0 Å². The maximum Gasteiger partial charge on any atom is -0.0274 e. The van der Waals surface area contributed by atoms with Crippen molar-refractivity contribution in [2.45, 2.75) is 52.9 Å². The number of allylic oxidation sites excluding steroid dienone is 5. The van der Waals surface area contributed by atoms with Gasteiger partial charge in [-0.15, -0.1) is 5.73 Å². The average Bonchev–Trinajstić information content (AvgIpc) is 2.26. The minimum Gasteiger partial charge on any atom is -0.130 e. The topological polar surface area (TPSA) is 0 Å². The van der Waals surface area contributed by atoms with Gasteiger partial charge in [0.25, 0.3) is 0 Å². The Labute approximate surface area is 95.1 Å². The first-order chi connectivity index (χ1) is 7.31. The lowest BCUT2D eigenvalue weighted by Crippen LogP contribution is -1.75. The van der Waals surface area contributed by atoms with Gasteiger partial charge in [0.05, 0.1) is 0 Å². The molecule has 0 saturated heterocycles. The summed E-state index contributed by atoms with van der Waals surface area (Å²) in [4.78, 5) is 0. The summed E-state index contributed by atoms with van der Waals surface area (Å²) >= 11 is 0. The molecule has 0 N–H and O–H groups in total. The molecule has 0 spiro atoms. The first-order valence-corrected chi connectivity index (χ1v) is 5.96. The molecule has 0 radical (unpaired) electrons. The molecule has 0 bridgehead atoms. The molecule has 0 saturated carbocycles. The van der Waals surface area contributed by atoms with Gasteiger partial charge in [0.2, 0.25) is 0 Å². The molecule has 0 aromatic carbocycles. The molecule has 0 atom stereocenters. The number of rotatable bonds is 7. The molecule has 0 unspecified atom stereocenters. The molecule has 0 heterocycles. The SMILES string of the molecule is CC=C=CCCCCCC=CC(C)=CC. The lowest BCUT2D eigenvalue weighted by atomic mass is 10.1. The monoisotopic (exact) mass is 204 g/mol. The molecule has 0 aromatic rings. The molecule has 0 heteroatoms. The van der Waals surface area contributed by atoms with Crippen LogP contribution in [0.2, 0.25) is 0 Å². The highest BCUT2D eigenvalue weighted by molar-refractivity contribution is 5.14. The van der Waals surface area contributed by atoms with E-state index in [1.165, 1.54) is 37.7 Å². The highest BCUT2D eigenvalue weighted by atomic mass is 13.9. The van der Waals surface area contributed by atoms with Gasteiger partial charge < -0.3 is 0 Å². The third-order valence-electron chi connectivity index (χ3n) is 2.34. The van der Waals surface area contributed by atoms with Crippen molar-refractivity contribution in [2.75, 3.05) is 0 Å². The number of hydrogen-bond donors (Lipinski definition) is 0. The summed E-state index contributed by atoms with van der Waals surface area (Å²) in [7, 11) is 0. The van der Waals surface area contributed by atoms with Crippen LogP contribution in [0.1, 0.15) is 52.9 Å². The van der Waals surface area contributed by atoms with Crippen LogP contribution in [0, 0.1) is 0 Å². The van der Waals surface area contributed by atoms with Crippen LogP contribution < -0.4 is 0 Å². The minimum atomic E-state index is 1.17. The summed E-state index contributed by atoms with van der Waals surface area (Å²) in [6.07, 6.45) is 17.0. The molecular weight excluding hydrogens is 180 g/mol. The zero-order chi connectivity index (χ0) is 11.4. The molecule has 0 amide bonds. The predicted octanol–water partition coefficient (Wildman–Crippen LogP) is 5.19. The maximum atomic E-state index is 3.10. The van der Waals surface area contributed by atoms with Gasteiger partial charge >= 0.3 is 0 Å². The van der Waals surface area contributed by atoms with Gasteiger partial charge in [0.15, 0.2) is 0 Å². The Bertz CT molecular complexity index is 247. The van der Waals surface area contributed by atoms with Gasteiger partial charge in [-0.05, 0) is 58.6 Å². The number of unbranched alkanes of at least 4 members (excludes halogenated alkanes) is 4. The standard InChI is InChI=1S/C15H24/c1-4-6-7-8-9-10-11-12-13-14-15(3)5-2/h4-5,7,13-14H,8-12H2,1-3H3. The Kier molecular flexibility index (Phi) is 10.3. The van der Waals surface area contributed by atoms with Gasteiger partial charge in [0.1, 0.15) is 0 Å². The highest BCUT2D eigenvalue weighted by Gasteiger charge is 1.85.